The van der Waals surface area contributed by atoms with Crippen molar-refractivity contribution in [3.8, 4) is 0 Å². The van der Waals surface area contributed by atoms with Gasteiger partial charge >= 0.3 is 0 Å². The topological polar surface area (TPSA) is 105 Å². The molecule has 2 aliphatic rings. The molecule has 7 heteroatoms. The van der Waals surface area contributed by atoms with E-state index in [1.54, 1.807) is 0 Å². The first-order valence-electron chi connectivity index (χ1n) is 20.2. The molecule has 0 bridgehead atoms. The van der Waals surface area contributed by atoms with Gasteiger partial charge in [0, 0.05) is 36.8 Å². The number of hydrogen-bond donors (Lipinski definition) is 2. The number of aliphatic imine (C=N–C) groups is 1. The molecular weight excluding hydrogens is 633 g/mol. The monoisotopic (exact) mass is 713 g/mol. The van der Waals surface area contributed by atoms with E-state index in [2.05, 4.69) is 90.8 Å². The van der Waals surface area contributed by atoms with Crippen LogP contribution in [-0.4, -0.2) is 54.4 Å². The summed E-state index contributed by atoms with van der Waals surface area (Å²) in [6.07, 6.45) is 13.9. The van der Waals surface area contributed by atoms with Gasteiger partial charge in [-0.25, -0.2) is 0 Å². The Morgan fingerprint density at radius 2 is 1.45 bits per heavy atom. The lowest BCUT2D eigenvalue weighted by Crippen LogP contribution is -2.40. The number of hydrogen-bond acceptors (Lipinski definition) is 5. The number of rotatable bonds is 11. The van der Waals surface area contributed by atoms with Crippen molar-refractivity contribution in [2.45, 2.75) is 167 Å². The predicted octanol–water partition coefficient (Wildman–Crippen LogP) is 10.5. The number of ketones is 1. The maximum absolute atomic E-state index is 12.5. The SMILES string of the molecule is CC(=O)CN=C1CCC/C1=C(/N)C(=O)N1CCC(C)CC1.CCCC.CCCCCC(C)C.CCCNC(=O)C(C)C.Cc1cccc(C)c1C. The van der Waals surface area contributed by atoms with E-state index in [0.717, 1.165) is 75.4 Å². The van der Waals surface area contributed by atoms with Gasteiger partial charge in [-0.2, -0.15) is 0 Å². The number of Topliss-reactive ketones (excluding diaryl/α,β-unsaturated/α-hetero) is 1. The number of allylic oxidation sites excluding steroid dienone is 1. The minimum atomic E-state index is -0.0608. The van der Waals surface area contributed by atoms with Crippen molar-refractivity contribution in [2.24, 2.45) is 28.5 Å². The van der Waals surface area contributed by atoms with Crippen molar-refractivity contribution in [1.82, 2.24) is 10.2 Å². The standard InChI is InChI=1S/C16H25N3O2.C9H12.C8H18.C7H15NO.C4H10/c1-11-6-8-19(9-7-11)16(21)15(17)13-4-3-5-14(13)18-10-12(2)20;1-7-5-4-6-8(2)9(7)3;1-4-5-6-7-8(2)3;1-4-5-8-7(9)6(2)3;1-3-4-2/h11H,3-10,17H2,1-2H3;4-6H,1-3H3;8H,4-7H2,1-3H3;6H,4-5H2,1-3H3,(H,8,9);3-4H2,1-2H3/b15-13-,18-14?;;;;. The van der Waals surface area contributed by atoms with Gasteiger partial charge in [0.15, 0.2) is 5.78 Å². The molecule has 0 atom stereocenters. The van der Waals surface area contributed by atoms with Crippen LogP contribution in [-0.2, 0) is 14.4 Å². The first kappa shape index (κ1) is 50.1. The first-order chi connectivity index (χ1) is 24.1. The lowest BCUT2D eigenvalue weighted by molar-refractivity contribution is -0.128. The molecule has 1 heterocycles. The molecule has 1 aliphatic heterocycles. The van der Waals surface area contributed by atoms with Crippen LogP contribution >= 0.6 is 0 Å². The van der Waals surface area contributed by atoms with Crippen LogP contribution in [0.4, 0.5) is 0 Å². The molecular formula is C44H80N4O3. The third-order valence-electron chi connectivity index (χ3n) is 9.14. The predicted molar refractivity (Wildman–Crippen MR) is 221 cm³/mol. The maximum atomic E-state index is 12.5. The van der Waals surface area contributed by atoms with Crippen molar-refractivity contribution in [3.05, 3.63) is 46.2 Å². The molecule has 0 radical (unpaired) electrons. The molecule has 7 nitrogen and oxygen atoms in total. The number of amides is 2. The Kier molecular flexibility index (Phi) is 30.1. The highest BCUT2D eigenvalue weighted by molar-refractivity contribution is 6.09. The van der Waals surface area contributed by atoms with Gasteiger partial charge in [0.05, 0.1) is 6.54 Å². The van der Waals surface area contributed by atoms with Crippen LogP contribution in [0.1, 0.15) is 163 Å². The number of benzene rings is 1. The lowest BCUT2D eigenvalue weighted by Gasteiger charge is -2.30. The molecule has 2 fully saturated rings. The van der Waals surface area contributed by atoms with Crippen molar-refractivity contribution >= 4 is 23.3 Å². The Hall–Kier alpha value is -2.96. The highest BCUT2D eigenvalue weighted by Crippen LogP contribution is 2.25. The van der Waals surface area contributed by atoms with Gasteiger partial charge in [0.2, 0.25) is 5.91 Å². The number of nitrogens with two attached hydrogens (primary N) is 1. The van der Waals surface area contributed by atoms with Gasteiger partial charge in [-0.1, -0.05) is 119 Å². The van der Waals surface area contributed by atoms with Crippen LogP contribution in [0.25, 0.3) is 0 Å². The van der Waals surface area contributed by atoms with Crippen molar-refractivity contribution in [3.63, 3.8) is 0 Å². The summed E-state index contributed by atoms with van der Waals surface area (Å²) in [7, 11) is 0. The molecule has 0 unspecified atom stereocenters. The number of piperidine rings is 1. The molecule has 294 valence electrons. The van der Waals surface area contributed by atoms with Crippen molar-refractivity contribution < 1.29 is 14.4 Å². The Bertz CT molecular complexity index is 1140. The molecule has 0 spiro atoms. The zero-order valence-corrected chi connectivity index (χ0v) is 35.5. The average Bonchev–Trinajstić information content (AvgIpc) is 3.58. The fourth-order valence-corrected chi connectivity index (χ4v) is 5.06. The Morgan fingerprint density at radius 1 is 0.882 bits per heavy atom. The fourth-order valence-electron chi connectivity index (χ4n) is 5.06. The van der Waals surface area contributed by atoms with Crippen LogP contribution < -0.4 is 11.1 Å². The summed E-state index contributed by atoms with van der Waals surface area (Å²) in [4.78, 5) is 40.5. The third-order valence-corrected chi connectivity index (χ3v) is 9.14. The largest absolute Gasteiger partial charge is 0.394 e. The van der Waals surface area contributed by atoms with Crippen molar-refractivity contribution in [1.29, 1.82) is 0 Å². The van der Waals surface area contributed by atoms with Gasteiger partial charge in [-0.05, 0) is 94.7 Å². The van der Waals surface area contributed by atoms with Crippen LogP contribution in [0.3, 0.4) is 0 Å². The summed E-state index contributed by atoms with van der Waals surface area (Å²) in [6, 6.07) is 6.38. The minimum absolute atomic E-state index is 0.0312. The van der Waals surface area contributed by atoms with Gasteiger partial charge in [-0.3, -0.25) is 19.4 Å². The summed E-state index contributed by atoms with van der Waals surface area (Å²) in [5.41, 5.74) is 12.3. The number of nitrogens with zero attached hydrogens (tertiary/aromatic N) is 2. The molecule has 51 heavy (non-hydrogen) atoms. The molecule has 3 rings (SSSR count). The Balaban J connectivity index is 0. The Labute approximate surface area is 315 Å². The van der Waals surface area contributed by atoms with E-state index in [0.29, 0.717) is 11.6 Å². The van der Waals surface area contributed by atoms with Crippen molar-refractivity contribution in [2.75, 3.05) is 26.2 Å². The number of aryl methyl sites for hydroxylation is 2. The first-order valence-corrected chi connectivity index (χ1v) is 20.2. The second-order valence-corrected chi connectivity index (χ2v) is 15.0. The summed E-state index contributed by atoms with van der Waals surface area (Å²) in [5, 5.41) is 2.79. The number of unbranched alkanes of at least 4 members (excludes halogenated alkanes) is 3. The van der Waals surface area contributed by atoms with Crippen LogP contribution in [0.5, 0.6) is 0 Å². The summed E-state index contributed by atoms with van der Waals surface area (Å²) < 4.78 is 0. The number of nitrogens with one attached hydrogen (secondary N) is 1. The second kappa shape index (κ2) is 30.6. The lowest BCUT2D eigenvalue weighted by atomic mass is 9.98. The molecule has 1 aromatic rings. The molecule has 1 aliphatic carbocycles. The summed E-state index contributed by atoms with van der Waals surface area (Å²) >= 11 is 0. The fraction of sp³-hybridized carbons (Fsp3) is 0.727. The van der Waals surface area contributed by atoms with Crippen LogP contribution in [0.15, 0.2) is 34.5 Å². The van der Waals surface area contributed by atoms with E-state index >= 15 is 0 Å². The zero-order chi connectivity index (χ0) is 39.4. The maximum Gasteiger partial charge on any atom is 0.270 e. The number of carbonyl (C=O) groups is 3. The minimum Gasteiger partial charge on any atom is -0.394 e. The van der Waals surface area contributed by atoms with Crippen LogP contribution in [0, 0.1) is 38.5 Å². The van der Waals surface area contributed by atoms with E-state index < -0.39 is 0 Å². The van der Waals surface area contributed by atoms with Gasteiger partial charge in [-0.15, -0.1) is 0 Å². The average molecular weight is 713 g/mol. The molecule has 0 aromatic heterocycles. The van der Waals surface area contributed by atoms with E-state index in [-0.39, 0.29) is 30.1 Å². The van der Waals surface area contributed by atoms with Crippen LogP contribution in [0.2, 0.25) is 0 Å². The van der Waals surface area contributed by atoms with E-state index in [1.165, 1.54) is 62.1 Å². The van der Waals surface area contributed by atoms with E-state index in [4.69, 9.17) is 5.73 Å². The Morgan fingerprint density at radius 3 is 1.88 bits per heavy atom. The normalized spacial score (nSPS) is 15.7. The van der Waals surface area contributed by atoms with Gasteiger partial charge in [0.1, 0.15) is 5.70 Å². The number of carbonyl (C=O) groups excluding carboxylic acids is 3. The molecule has 1 saturated carbocycles. The van der Waals surface area contributed by atoms with Gasteiger partial charge < -0.3 is 16.0 Å². The summed E-state index contributed by atoms with van der Waals surface area (Å²) in [5.74, 6) is 1.83. The quantitative estimate of drug-likeness (QED) is 0.176. The smallest absolute Gasteiger partial charge is 0.270 e. The highest BCUT2D eigenvalue weighted by Gasteiger charge is 2.27. The molecule has 3 N–H and O–H groups in total. The highest BCUT2D eigenvalue weighted by atomic mass is 16.2. The third kappa shape index (κ3) is 24.8. The number of likely N-dealkylation sites (tertiary alicyclic amines) is 1. The van der Waals surface area contributed by atoms with E-state index in [9.17, 15) is 14.4 Å². The zero-order valence-electron chi connectivity index (χ0n) is 35.5. The van der Waals surface area contributed by atoms with Gasteiger partial charge in [0.25, 0.3) is 5.91 Å². The molecule has 1 saturated heterocycles. The second-order valence-electron chi connectivity index (χ2n) is 15.0. The molecule has 2 amide bonds. The molecule has 1 aromatic carbocycles. The van der Waals surface area contributed by atoms with E-state index in [1.807, 2.05) is 25.7 Å². The summed E-state index contributed by atoms with van der Waals surface area (Å²) in [6.45, 7) is 29.7.